The lowest BCUT2D eigenvalue weighted by Crippen LogP contribution is -2.38. The molecule has 2 heterocycles. The van der Waals surface area contributed by atoms with Crippen LogP contribution >= 0.6 is 11.6 Å². The second-order valence-electron chi connectivity index (χ2n) is 6.50. The van der Waals surface area contributed by atoms with Gasteiger partial charge in [0.25, 0.3) is 5.91 Å². The number of ether oxygens (including phenoxy) is 1. The molecule has 0 spiro atoms. The summed E-state index contributed by atoms with van der Waals surface area (Å²) in [5.41, 5.74) is 2.02. The molecule has 1 amide bonds. The number of hydrogen-bond acceptors (Lipinski definition) is 5. The first kappa shape index (κ1) is 17.2. The quantitative estimate of drug-likeness (QED) is 0.892. The standard InChI is InChI=1S/C18H18ClFN4O2/c19-15-3-2-11-6-13(7-14(11)16(15)20)23-18-21-8-12(9-22-18)17(25)24-4-1-5-26-10-24/h2-3,8-9,13H,1,4-7,10H2,(H,21,22,23). The fourth-order valence-electron chi connectivity index (χ4n) is 3.37. The lowest BCUT2D eigenvalue weighted by Gasteiger charge is -2.26. The predicted octanol–water partition coefficient (Wildman–Crippen LogP) is 2.67. The summed E-state index contributed by atoms with van der Waals surface area (Å²) in [5, 5.41) is 3.34. The average molecular weight is 377 g/mol. The summed E-state index contributed by atoms with van der Waals surface area (Å²) < 4.78 is 19.4. The maximum absolute atomic E-state index is 14.1. The molecule has 26 heavy (non-hydrogen) atoms. The molecule has 1 aromatic carbocycles. The largest absolute Gasteiger partial charge is 0.361 e. The van der Waals surface area contributed by atoms with Crippen LogP contribution in [0.4, 0.5) is 10.3 Å². The van der Waals surface area contributed by atoms with Crippen LogP contribution in [0.1, 0.15) is 27.9 Å². The van der Waals surface area contributed by atoms with Crippen molar-refractivity contribution in [1.29, 1.82) is 0 Å². The first-order valence-electron chi connectivity index (χ1n) is 8.53. The number of aromatic nitrogens is 2. The Bertz CT molecular complexity index is 825. The summed E-state index contributed by atoms with van der Waals surface area (Å²) in [5.74, 6) is -0.0685. The number of nitrogens with one attached hydrogen (secondary N) is 1. The van der Waals surface area contributed by atoms with E-state index in [0.717, 1.165) is 12.0 Å². The molecular weight excluding hydrogens is 359 g/mol. The Morgan fingerprint density at radius 3 is 2.85 bits per heavy atom. The van der Waals surface area contributed by atoms with Crippen LogP contribution in [0.3, 0.4) is 0 Å². The van der Waals surface area contributed by atoms with E-state index in [-0.39, 0.29) is 22.8 Å². The van der Waals surface area contributed by atoms with E-state index in [2.05, 4.69) is 15.3 Å². The Balaban J connectivity index is 1.41. The van der Waals surface area contributed by atoms with Gasteiger partial charge in [0.05, 0.1) is 17.2 Å². The first-order valence-corrected chi connectivity index (χ1v) is 8.91. The molecule has 0 radical (unpaired) electrons. The molecule has 1 N–H and O–H groups in total. The summed E-state index contributed by atoms with van der Waals surface area (Å²) in [6, 6.07) is 3.43. The lowest BCUT2D eigenvalue weighted by molar-refractivity contribution is -0.00575. The fourth-order valence-corrected chi connectivity index (χ4v) is 3.54. The van der Waals surface area contributed by atoms with Crippen molar-refractivity contribution >= 4 is 23.5 Å². The number of amides is 1. The normalized spacial score (nSPS) is 19.3. The van der Waals surface area contributed by atoms with E-state index in [4.69, 9.17) is 16.3 Å². The van der Waals surface area contributed by atoms with Crippen molar-refractivity contribution in [1.82, 2.24) is 14.9 Å². The monoisotopic (exact) mass is 376 g/mol. The van der Waals surface area contributed by atoms with Gasteiger partial charge in [-0.25, -0.2) is 14.4 Å². The summed E-state index contributed by atoms with van der Waals surface area (Å²) >= 11 is 5.85. The van der Waals surface area contributed by atoms with Gasteiger partial charge in [0.15, 0.2) is 0 Å². The van der Waals surface area contributed by atoms with Crippen LogP contribution in [0.5, 0.6) is 0 Å². The van der Waals surface area contributed by atoms with Gasteiger partial charge in [-0.1, -0.05) is 17.7 Å². The van der Waals surface area contributed by atoms with Gasteiger partial charge in [-0.2, -0.15) is 0 Å². The molecule has 6 nitrogen and oxygen atoms in total. The van der Waals surface area contributed by atoms with Gasteiger partial charge in [-0.3, -0.25) is 4.79 Å². The Labute approximate surface area is 155 Å². The summed E-state index contributed by atoms with van der Waals surface area (Å²) in [6.07, 6.45) is 5.04. The Kier molecular flexibility index (Phi) is 4.74. The third-order valence-electron chi connectivity index (χ3n) is 4.69. The number of hydrogen-bond donors (Lipinski definition) is 1. The Morgan fingerprint density at radius 2 is 2.12 bits per heavy atom. The average Bonchev–Trinajstić information content (AvgIpc) is 3.09. The lowest BCUT2D eigenvalue weighted by atomic mass is 10.1. The number of halogens is 2. The number of carbonyl (C=O) groups excluding carboxylic acids is 1. The summed E-state index contributed by atoms with van der Waals surface area (Å²) in [7, 11) is 0. The Morgan fingerprint density at radius 1 is 1.31 bits per heavy atom. The topological polar surface area (TPSA) is 67.4 Å². The van der Waals surface area contributed by atoms with E-state index in [1.54, 1.807) is 11.0 Å². The SMILES string of the molecule is O=C(c1cnc(NC2Cc3ccc(Cl)c(F)c3C2)nc1)N1CCCOC1. The van der Waals surface area contributed by atoms with E-state index in [9.17, 15) is 9.18 Å². The van der Waals surface area contributed by atoms with Crippen LogP contribution in [0.15, 0.2) is 24.5 Å². The van der Waals surface area contributed by atoms with Gasteiger partial charge >= 0.3 is 0 Å². The minimum atomic E-state index is -0.348. The van der Waals surface area contributed by atoms with E-state index < -0.39 is 0 Å². The van der Waals surface area contributed by atoms with E-state index in [0.29, 0.717) is 49.8 Å². The van der Waals surface area contributed by atoms with Crippen molar-refractivity contribution in [2.75, 3.05) is 25.2 Å². The molecule has 8 heteroatoms. The molecule has 1 saturated heterocycles. The van der Waals surface area contributed by atoms with Crippen molar-refractivity contribution in [3.8, 4) is 0 Å². The molecule has 1 aromatic heterocycles. The van der Waals surface area contributed by atoms with Gasteiger partial charge in [0, 0.05) is 25.0 Å². The molecule has 0 saturated carbocycles. The number of nitrogens with zero attached hydrogens (tertiary/aromatic N) is 3. The number of benzene rings is 1. The molecule has 1 aliphatic heterocycles. The van der Waals surface area contributed by atoms with Crippen LogP contribution in [0, 0.1) is 5.82 Å². The minimum absolute atomic E-state index is 0.00462. The third-order valence-corrected chi connectivity index (χ3v) is 4.98. The third kappa shape index (κ3) is 3.37. The maximum Gasteiger partial charge on any atom is 0.258 e. The number of rotatable bonds is 3. The van der Waals surface area contributed by atoms with Gasteiger partial charge in [-0.05, 0) is 36.5 Å². The number of fused-ring (bicyclic) bond motifs is 1. The molecule has 1 aliphatic carbocycles. The van der Waals surface area contributed by atoms with Crippen molar-refractivity contribution in [3.05, 3.63) is 52.1 Å². The minimum Gasteiger partial charge on any atom is -0.361 e. The predicted molar refractivity (Wildman–Crippen MR) is 94.7 cm³/mol. The molecular formula is C18H18ClFN4O2. The second-order valence-corrected chi connectivity index (χ2v) is 6.91. The van der Waals surface area contributed by atoms with Crippen LogP contribution in [-0.4, -0.2) is 46.7 Å². The van der Waals surface area contributed by atoms with Crippen LogP contribution in [-0.2, 0) is 17.6 Å². The van der Waals surface area contributed by atoms with Crippen LogP contribution in [0.25, 0.3) is 0 Å². The summed E-state index contributed by atoms with van der Waals surface area (Å²) in [6.45, 7) is 1.65. The first-order chi connectivity index (χ1) is 12.6. The zero-order valence-corrected chi connectivity index (χ0v) is 14.8. The van der Waals surface area contributed by atoms with Gasteiger partial charge in [0.2, 0.25) is 5.95 Å². The highest BCUT2D eigenvalue weighted by atomic mass is 35.5. The molecule has 0 bridgehead atoms. The molecule has 136 valence electrons. The second kappa shape index (κ2) is 7.17. The molecule has 2 aliphatic rings. The van der Waals surface area contributed by atoms with Crippen molar-refractivity contribution < 1.29 is 13.9 Å². The molecule has 1 unspecified atom stereocenters. The smallest absolute Gasteiger partial charge is 0.258 e. The highest BCUT2D eigenvalue weighted by molar-refractivity contribution is 6.30. The molecule has 4 rings (SSSR count). The fraction of sp³-hybridized carbons (Fsp3) is 0.389. The molecule has 2 aromatic rings. The van der Waals surface area contributed by atoms with Gasteiger partial charge < -0.3 is 15.0 Å². The summed E-state index contributed by atoms with van der Waals surface area (Å²) in [4.78, 5) is 22.5. The highest BCUT2D eigenvalue weighted by Gasteiger charge is 2.26. The van der Waals surface area contributed by atoms with Gasteiger partial charge in [0.1, 0.15) is 12.5 Å². The van der Waals surface area contributed by atoms with Crippen LogP contribution < -0.4 is 5.32 Å². The van der Waals surface area contributed by atoms with E-state index in [1.807, 2.05) is 6.07 Å². The molecule has 1 atom stereocenters. The van der Waals surface area contributed by atoms with Crippen LogP contribution in [0.2, 0.25) is 5.02 Å². The van der Waals surface area contributed by atoms with E-state index in [1.165, 1.54) is 12.4 Å². The Hall–Kier alpha value is -2.25. The number of anilines is 1. The van der Waals surface area contributed by atoms with Gasteiger partial charge in [-0.15, -0.1) is 0 Å². The van der Waals surface area contributed by atoms with E-state index >= 15 is 0 Å². The van der Waals surface area contributed by atoms with Crippen molar-refractivity contribution in [3.63, 3.8) is 0 Å². The number of carbonyl (C=O) groups is 1. The molecule has 1 fully saturated rings. The van der Waals surface area contributed by atoms with Crippen molar-refractivity contribution in [2.45, 2.75) is 25.3 Å². The van der Waals surface area contributed by atoms with Crippen molar-refractivity contribution in [2.24, 2.45) is 0 Å². The maximum atomic E-state index is 14.1. The zero-order valence-electron chi connectivity index (χ0n) is 14.0. The zero-order chi connectivity index (χ0) is 18.1. The highest BCUT2D eigenvalue weighted by Crippen LogP contribution is 2.30.